The van der Waals surface area contributed by atoms with Crippen molar-refractivity contribution in [3.63, 3.8) is 0 Å². The monoisotopic (exact) mass is 281 g/mol. The third-order valence-corrected chi connectivity index (χ3v) is 3.67. The summed E-state index contributed by atoms with van der Waals surface area (Å²) in [6, 6.07) is 6.29. The zero-order valence-electron chi connectivity index (χ0n) is 12.4. The quantitative estimate of drug-likeness (QED) is 0.664. The number of thioether (sulfide) groups is 1. The first-order valence-corrected chi connectivity index (χ1v) is 7.34. The van der Waals surface area contributed by atoms with Crippen molar-refractivity contribution in [2.75, 3.05) is 12.9 Å². The Balaban J connectivity index is 2.61. The van der Waals surface area contributed by atoms with Gasteiger partial charge in [-0.3, -0.25) is 4.79 Å². The lowest BCUT2D eigenvalue weighted by atomic mass is 10.1. The average Bonchev–Trinajstić information content (AvgIpc) is 2.33. The number of ether oxygens (including phenoxy) is 1. The highest BCUT2D eigenvalue weighted by atomic mass is 32.2. The topological polar surface area (TPSA) is 38.3 Å². The number of rotatable bonds is 5. The minimum atomic E-state index is -0.193. The molecule has 0 aliphatic rings. The highest BCUT2D eigenvalue weighted by molar-refractivity contribution is 8.00. The molecule has 0 saturated carbocycles. The number of carbonyl (C=O) groups is 1. The van der Waals surface area contributed by atoms with E-state index in [0.717, 1.165) is 11.4 Å². The molecule has 0 saturated heterocycles. The Bertz CT molecular complexity index is 438. The second kappa shape index (κ2) is 6.96. The third kappa shape index (κ3) is 6.12. The van der Waals surface area contributed by atoms with Crippen molar-refractivity contribution in [3.8, 4) is 0 Å². The number of hydrogen-bond donors (Lipinski definition) is 1. The number of nitrogens with one attached hydrogen (secondary N) is 1. The third-order valence-electron chi connectivity index (χ3n) is 2.71. The van der Waals surface area contributed by atoms with E-state index >= 15 is 0 Å². The minimum Gasteiger partial charge on any atom is -0.468 e. The predicted molar refractivity (Wildman–Crippen MR) is 80.5 cm³/mol. The minimum absolute atomic E-state index is 0.116. The smallest absolute Gasteiger partial charge is 0.315 e. The van der Waals surface area contributed by atoms with E-state index in [4.69, 9.17) is 0 Å². The number of benzene rings is 1. The maximum absolute atomic E-state index is 11.1. The Morgan fingerprint density at radius 2 is 2.05 bits per heavy atom. The standard InChI is InChI=1S/C15H23NO2S/c1-11-8-13(19-10-14(17)18-5)7-6-12(11)9-16-15(2,3)4/h6-8,16H,9-10H2,1-5H3. The molecule has 1 aromatic carbocycles. The van der Waals surface area contributed by atoms with Gasteiger partial charge in [0.2, 0.25) is 0 Å². The Morgan fingerprint density at radius 3 is 2.58 bits per heavy atom. The van der Waals surface area contributed by atoms with Gasteiger partial charge in [0.25, 0.3) is 0 Å². The van der Waals surface area contributed by atoms with Crippen LogP contribution in [0.5, 0.6) is 0 Å². The molecular formula is C15H23NO2S. The molecule has 0 atom stereocenters. The second-order valence-corrected chi connectivity index (χ2v) is 6.61. The number of esters is 1. The lowest BCUT2D eigenvalue weighted by Crippen LogP contribution is -2.35. The molecule has 0 unspecified atom stereocenters. The van der Waals surface area contributed by atoms with Gasteiger partial charge < -0.3 is 10.1 Å². The second-order valence-electron chi connectivity index (χ2n) is 5.56. The van der Waals surface area contributed by atoms with Crippen LogP contribution in [0.1, 0.15) is 31.9 Å². The molecule has 3 nitrogen and oxygen atoms in total. The molecule has 19 heavy (non-hydrogen) atoms. The SMILES string of the molecule is COC(=O)CSc1ccc(CNC(C)(C)C)c(C)c1. The molecule has 0 spiro atoms. The number of carbonyl (C=O) groups excluding carboxylic acids is 1. The molecular weight excluding hydrogens is 258 g/mol. The molecule has 0 amide bonds. The van der Waals surface area contributed by atoms with E-state index in [-0.39, 0.29) is 11.5 Å². The molecule has 0 aromatic heterocycles. The lowest BCUT2D eigenvalue weighted by molar-refractivity contribution is -0.137. The summed E-state index contributed by atoms with van der Waals surface area (Å²) in [5.74, 6) is 0.163. The van der Waals surface area contributed by atoms with Gasteiger partial charge in [0.15, 0.2) is 0 Å². The van der Waals surface area contributed by atoms with Gasteiger partial charge in [0.1, 0.15) is 0 Å². The van der Waals surface area contributed by atoms with Crippen molar-refractivity contribution in [2.24, 2.45) is 0 Å². The molecule has 1 aromatic rings. The van der Waals surface area contributed by atoms with E-state index in [1.54, 1.807) is 0 Å². The van der Waals surface area contributed by atoms with Crippen LogP contribution in [0.3, 0.4) is 0 Å². The van der Waals surface area contributed by atoms with E-state index in [9.17, 15) is 4.79 Å². The van der Waals surface area contributed by atoms with Gasteiger partial charge in [0.05, 0.1) is 12.9 Å². The predicted octanol–water partition coefficient (Wildman–Crippen LogP) is 3.15. The maximum Gasteiger partial charge on any atom is 0.315 e. The van der Waals surface area contributed by atoms with Gasteiger partial charge in [-0.1, -0.05) is 6.07 Å². The molecule has 0 aliphatic carbocycles. The van der Waals surface area contributed by atoms with Crippen molar-refractivity contribution < 1.29 is 9.53 Å². The lowest BCUT2D eigenvalue weighted by Gasteiger charge is -2.21. The first-order valence-electron chi connectivity index (χ1n) is 6.36. The van der Waals surface area contributed by atoms with E-state index in [2.05, 4.69) is 55.9 Å². The summed E-state index contributed by atoms with van der Waals surface area (Å²) in [6.07, 6.45) is 0. The van der Waals surface area contributed by atoms with Crippen LogP contribution in [-0.4, -0.2) is 24.4 Å². The van der Waals surface area contributed by atoms with Gasteiger partial charge in [-0.2, -0.15) is 0 Å². The van der Waals surface area contributed by atoms with Gasteiger partial charge in [0, 0.05) is 17.0 Å². The van der Waals surface area contributed by atoms with Gasteiger partial charge in [-0.05, 0) is 51.0 Å². The molecule has 106 valence electrons. The van der Waals surface area contributed by atoms with E-state index in [0.29, 0.717) is 5.75 Å². The highest BCUT2D eigenvalue weighted by Gasteiger charge is 2.10. The zero-order chi connectivity index (χ0) is 14.5. The molecule has 0 aliphatic heterocycles. The van der Waals surface area contributed by atoms with Gasteiger partial charge in [-0.15, -0.1) is 11.8 Å². The summed E-state index contributed by atoms with van der Waals surface area (Å²) in [5.41, 5.74) is 2.65. The number of methoxy groups -OCH3 is 1. The maximum atomic E-state index is 11.1. The summed E-state index contributed by atoms with van der Waals surface area (Å²) in [4.78, 5) is 12.2. The fourth-order valence-electron chi connectivity index (χ4n) is 1.52. The summed E-state index contributed by atoms with van der Waals surface area (Å²) in [6.45, 7) is 9.42. The van der Waals surface area contributed by atoms with Crippen LogP contribution < -0.4 is 5.32 Å². The first kappa shape index (κ1) is 16.1. The summed E-state index contributed by atoms with van der Waals surface area (Å²) in [7, 11) is 1.41. The van der Waals surface area contributed by atoms with Crippen molar-refractivity contribution in [2.45, 2.75) is 44.7 Å². The van der Waals surface area contributed by atoms with Crippen LogP contribution in [-0.2, 0) is 16.1 Å². The fourth-order valence-corrected chi connectivity index (χ4v) is 2.34. The van der Waals surface area contributed by atoms with Crippen LogP contribution in [0.2, 0.25) is 0 Å². The van der Waals surface area contributed by atoms with Crippen LogP contribution in [0.15, 0.2) is 23.1 Å². The number of hydrogen-bond acceptors (Lipinski definition) is 4. The van der Waals surface area contributed by atoms with E-state index in [1.165, 1.54) is 30.0 Å². The molecule has 0 heterocycles. The largest absolute Gasteiger partial charge is 0.468 e. The molecule has 1 N–H and O–H groups in total. The molecule has 1 rings (SSSR count). The summed E-state index contributed by atoms with van der Waals surface area (Å²) < 4.78 is 4.63. The summed E-state index contributed by atoms with van der Waals surface area (Å²) >= 11 is 1.50. The van der Waals surface area contributed by atoms with Crippen LogP contribution in [0, 0.1) is 6.92 Å². The van der Waals surface area contributed by atoms with Crippen molar-refractivity contribution in [3.05, 3.63) is 29.3 Å². The number of aryl methyl sites for hydroxylation is 1. The Kier molecular flexibility index (Phi) is 5.88. The fraction of sp³-hybridized carbons (Fsp3) is 0.533. The van der Waals surface area contributed by atoms with Gasteiger partial charge in [-0.25, -0.2) is 0 Å². The molecule has 0 fully saturated rings. The van der Waals surface area contributed by atoms with Crippen LogP contribution in [0.4, 0.5) is 0 Å². The molecule has 0 bridgehead atoms. The summed E-state index contributed by atoms with van der Waals surface area (Å²) in [5, 5.41) is 3.48. The van der Waals surface area contributed by atoms with Crippen molar-refractivity contribution >= 4 is 17.7 Å². The zero-order valence-corrected chi connectivity index (χ0v) is 13.2. The molecule has 0 radical (unpaired) electrons. The Labute approximate surface area is 120 Å². The highest BCUT2D eigenvalue weighted by Crippen LogP contribution is 2.21. The van der Waals surface area contributed by atoms with E-state index < -0.39 is 0 Å². The van der Waals surface area contributed by atoms with Crippen molar-refractivity contribution in [1.29, 1.82) is 0 Å². The average molecular weight is 281 g/mol. The van der Waals surface area contributed by atoms with Gasteiger partial charge >= 0.3 is 5.97 Å². The van der Waals surface area contributed by atoms with Crippen LogP contribution >= 0.6 is 11.8 Å². The van der Waals surface area contributed by atoms with Crippen molar-refractivity contribution in [1.82, 2.24) is 5.32 Å². The first-order chi connectivity index (χ1) is 8.81. The van der Waals surface area contributed by atoms with E-state index in [1.807, 2.05) is 0 Å². The normalized spacial score (nSPS) is 11.4. The van der Waals surface area contributed by atoms with Crippen LogP contribution in [0.25, 0.3) is 0 Å². The molecule has 4 heteroatoms. The Hall–Kier alpha value is -1.00. The Morgan fingerprint density at radius 1 is 1.37 bits per heavy atom.